The third-order valence-electron chi connectivity index (χ3n) is 4.44. The molecule has 15 heteroatoms. The van der Waals surface area contributed by atoms with Crippen LogP contribution in [-0.2, 0) is 24.1 Å². The largest absolute Gasteiger partial charge is 0.464 e. The smallest absolute Gasteiger partial charge is 0.397 e. The molecule has 8 N–H and O–H groups in total. The highest BCUT2D eigenvalue weighted by molar-refractivity contribution is 7.80. The molecule has 0 unspecified atom stereocenters. The van der Waals surface area contributed by atoms with E-state index in [4.69, 9.17) is 20.8 Å². The molecule has 0 aliphatic carbocycles. The Labute approximate surface area is 147 Å². The Balaban J connectivity index is 2.04. The van der Waals surface area contributed by atoms with E-state index in [0.717, 1.165) is 4.90 Å². The van der Waals surface area contributed by atoms with Crippen molar-refractivity contribution in [3.63, 3.8) is 0 Å². The van der Waals surface area contributed by atoms with Crippen LogP contribution in [0.2, 0.25) is 0 Å². The predicted octanol–water partition coefficient (Wildman–Crippen LogP) is -4.59. The Bertz CT molecular complexity index is 797. The number of nitrogens with zero attached hydrogens (tertiary/aromatic N) is 3. The number of rotatable bonds is 4. The first-order valence-corrected chi connectivity index (χ1v) is 8.71. The quantitative estimate of drug-likeness (QED) is 0.151. The molecule has 0 aromatic carbocycles. The molecule has 0 bridgehead atoms. The van der Waals surface area contributed by atoms with Crippen molar-refractivity contribution in [2.45, 2.75) is 36.6 Å². The lowest BCUT2D eigenvalue weighted by molar-refractivity contribution is -0.252. The number of hydrogen-bond acceptors (Lipinski definition) is 13. The van der Waals surface area contributed by atoms with E-state index >= 15 is 0 Å². The lowest BCUT2D eigenvalue weighted by Crippen LogP contribution is -2.77. The lowest BCUT2D eigenvalue weighted by atomic mass is 9.86. The number of hydrogen-bond donors (Lipinski definition) is 6. The first kappa shape index (κ1) is 18.6. The number of nitrogens with one attached hydrogen (secondary N) is 1. The average molecular weight is 394 g/mol. The number of nitrogens with two attached hydrogens (primary N) is 2. The summed E-state index contributed by atoms with van der Waals surface area (Å²) >= 11 is 0. The van der Waals surface area contributed by atoms with Gasteiger partial charge in [0, 0.05) is 6.92 Å². The minimum atomic E-state index is -5.01. The summed E-state index contributed by atoms with van der Waals surface area (Å²) in [4.78, 5) is 20.4. The summed E-state index contributed by atoms with van der Waals surface area (Å²) in [6.45, 7) is 0.430. The van der Waals surface area contributed by atoms with Crippen LogP contribution in [0, 0.1) is 0 Å². The van der Waals surface area contributed by atoms with Gasteiger partial charge in [-0.25, -0.2) is 14.2 Å². The first-order valence-electron chi connectivity index (χ1n) is 7.34. The van der Waals surface area contributed by atoms with Crippen molar-refractivity contribution in [2.75, 3.05) is 13.2 Å². The standard InChI is InChI=1S/C11H18N6O8S/c1-4(18)24-3-5-7-10(16-8(12)15-7)11(19,20)6(25-26(21,22)23)2-17(10)9(13)14-5/h5-7,19-20H,2-3H2,1H3,(H2,13,14)(H3,12,15,16)(H,21,22,23)/t5-,6-,7-,10+/m0/s1. The Morgan fingerprint density at radius 3 is 2.65 bits per heavy atom. The molecule has 1 saturated heterocycles. The Morgan fingerprint density at radius 1 is 1.42 bits per heavy atom. The summed E-state index contributed by atoms with van der Waals surface area (Å²) in [5.74, 6) is -3.94. The van der Waals surface area contributed by atoms with E-state index in [0.29, 0.717) is 0 Å². The van der Waals surface area contributed by atoms with Crippen LogP contribution in [0.1, 0.15) is 6.92 Å². The van der Waals surface area contributed by atoms with Crippen LogP contribution >= 0.6 is 0 Å². The molecule has 3 rings (SSSR count). The van der Waals surface area contributed by atoms with E-state index in [1.165, 1.54) is 6.92 Å². The van der Waals surface area contributed by atoms with Crippen LogP contribution in [0.4, 0.5) is 0 Å². The molecule has 0 saturated carbocycles. The van der Waals surface area contributed by atoms with E-state index in [2.05, 4.69) is 19.5 Å². The van der Waals surface area contributed by atoms with Gasteiger partial charge in [-0.1, -0.05) is 0 Å². The molecule has 4 atom stereocenters. The monoisotopic (exact) mass is 394 g/mol. The molecular weight excluding hydrogens is 376 g/mol. The minimum Gasteiger partial charge on any atom is -0.464 e. The number of aliphatic imine (C=N–C) groups is 2. The fraction of sp³-hybridized carbons (Fsp3) is 0.727. The second-order valence-corrected chi connectivity index (χ2v) is 7.11. The Morgan fingerprint density at radius 2 is 2.08 bits per heavy atom. The highest BCUT2D eigenvalue weighted by Gasteiger charge is 2.74. The third kappa shape index (κ3) is 2.64. The van der Waals surface area contributed by atoms with E-state index in [9.17, 15) is 23.4 Å². The summed E-state index contributed by atoms with van der Waals surface area (Å²) in [6.07, 6.45) is -1.84. The normalized spacial score (nSPS) is 35.1. The second-order valence-electron chi connectivity index (χ2n) is 6.06. The summed E-state index contributed by atoms with van der Waals surface area (Å²) < 4.78 is 40.3. The van der Waals surface area contributed by atoms with Gasteiger partial charge in [-0.3, -0.25) is 9.35 Å². The topological polar surface area (TPSA) is 222 Å². The zero-order valence-electron chi connectivity index (χ0n) is 13.4. The summed E-state index contributed by atoms with van der Waals surface area (Å²) in [5.41, 5.74) is 9.62. The number of esters is 1. The Kier molecular flexibility index (Phi) is 4.04. The van der Waals surface area contributed by atoms with Gasteiger partial charge in [-0.2, -0.15) is 8.42 Å². The fourth-order valence-corrected chi connectivity index (χ4v) is 3.98. The van der Waals surface area contributed by atoms with Gasteiger partial charge in [0.2, 0.25) is 5.79 Å². The molecule has 146 valence electrons. The molecule has 14 nitrogen and oxygen atoms in total. The van der Waals surface area contributed by atoms with Crippen LogP contribution < -0.4 is 16.8 Å². The van der Waals surface area contributed by atoms with Crippen molar-refractivity contribution in [1.82, 2.24) is 10.2 Å². The predicted molar refractivity (Wildman–Crippen MR) is 83.6 cm³/mol. The van der Waals surface area contributed by atoms with Crippen LogP contribution in [0.25, 0.3) is 0 Å². The van der Waals surface area contributed by atoms with Gasteiger partial charge >= 0.3 is 16.4 Å². The zero-order valence-corrected chi connectivity index (χ0v) is 14.3. The minimum absolute atomic E-state index is 0.197. The number of guanidine groups is 2. The molecule has 0 amide bonds. The van der Waals surface area contributed by atoms with Gasteiger partial charge in [0.15, 0.2) is 23.7 Å². The SMILES string of the molecule is CC(=O)OC[C@@H]1N=C(N)N2C[C@H](OS(=O)(=O)O)C(O)(O)[C@]23NC(N)=N[C@@H]13. The van der Waals surface area contributed by atoms with Crippen molar-refractivity contribution in [1.29, 1.82) is 0 Å². The number of aliphatic hydroxyl groups is 2. The second kappa shape index (κ2) is 5.65. The lowest BCUT2D eigenvalue weighted by Gasteiger charge is -2.48. The van der Waals surface area contributed by atoms with Crippen molar-refractivity contribution in [2.24, 2.45) is 21.5 Å². The average Bonchev–Trinajstić information content (AvgIpc) is 2.93. The highest BCUT2D eigenvalue weighted by Crippen LogP contribution is 2.45. The maximum absolute atomic E-state index is 11.1. The van der Waals surface area contributed by atoms with Gasteiger partial charge < -0.3 is 36.6 Å². The van der Waals surface area contributed by atoms with Crippen molar-refractivity contribution in [3.8, 4) is 0 Å². The van der Waals surface area contributed by atoms with E-state index in [1.807, 2.05) is 0 Å². The van der Waals surface area contributed by atoms with Crippen molar-refractivity contribution < 1.29 is 36.9 Å². The first-order chi connectivity index (χ1) is 11.9. The van der Waals surface area contributed by atoms with Gasteiger partial charge in [0.1, 0.15) is 18.7 Å². The molecule has 1 spiro atoms. The van der Waals surface area contributed by atoms with E-state index in [-0.39, 0.29) is 18.5 Å². The maximum Gasteiger partial charge on any atom is 0.397 e. The molecular formula is C11H18N6O8S. The molecule has 0 aromatic heterocycles. The van der Waals surface area contributed by atoms with Crippen LogP contribution in [0.3, 0.4) is 0 Å². The van der Waals surface area contributed by atoms with Gasteiger partial charge in [-0.15, -0.1) is 0 Å². The summed E-state index contributed by atoms with van der Waals surface area (Å²) in [6, 6.07) is -2.05. The number of carbonyl (C=O) groups is 1. The molecule has 0 radical (unpaired) electrons. The highest BCUT2D eigenvalue weighted by atomic mass is 32.3. The molecule has 26 heavy (non-hydrogen) atoms. The number of ether oxygens (including phenoxy) is 1. The Hall–Kier alpha value is -2.20. The van der Waals surface area contributed by atoms with E-state index < -0.39 is 52.6 Å². The van der Waals surface area contributed by atoms with Crippen molar-refractivity contribution >= 4 is 28.3 Å². The summed E-state index contributed by atoms with van der Waals surface area (Å²) in [7, 11) is -5.01. The van der Waals surface area contributed by atoms with Gasteiger partial charge in [0.25, 0.3) is 0 Å². The van der Waals surface area contributed by atoms with Crippen molar-refractivity contribution in [3.05, 3.63) is 0 Å². The van der Waals surface area contributed by atoms with E-state index in [1.54, 1.807) is 0 Å². The molecule has 3 aliphatic rings. The van der Waals surface area contributed by atoms with Gasteiger partial charge in [-0.05, 0) is 0 Å². The summed E-state index contributed by atoms with van der Waals surface area (Å²) in [5, 5.41) is 24.0. The molecule has 3 aliphatic heterocycles. The molecule has 3 heterocycles. The fourth-order valence-electron chi connectivity index (χ4n) is 3.49. The van der Waals surface area contributed by atoms with Crippen LogP contribution in [0.5, 0.6) is 0 Å². The van der Waals surface area contributed by atoms with Crippen LogP contribution in [0.15, 0.2) is 9.98 Å². The van der Waals surface area contributed by atoms with Gasteiger partial charge in [0.05, 0.1) is 6.54 Å². The number of carbonyl (C=O) groups excluding carboxylic acids is 1. The molecule has 1 fully saturated rings. The maximum atomic E-state index is 11.1. The van der Waals surface area contributed by atoms with Crippen LogP contribution in [-0.4, -0.2) is 88.8 Å². The zero-order chi connectivity index (χ0) is 19.5. The third-order valence-corrected chi connectivity index (χ3v) is 4.92. The molecule has 0 aromatic rings.